The van der Waals surface area contributed by atoms with Crippen molar-refractivity contribution in [1.82, 2.24) is 9.62 Å². The number of rotatable bonds is 7. The monoisotopic (exact) mass is 469 g/mol. The van der Waals surface area contributed by atoms with Crippen molar-refractivity contribution in [3.8, 4) is 0 Å². The minimum absolute atomic E-state index is 0.0967. The molecule has 0 spiro atoms. The van der Waals surface area contributed by atoms with Crippen LogP contribution in [0.5, 0.6) is 0 Å². The molecular weight excluding hydrogens is 442 g/mol. The molecule has 2 aliphatic heterocycles. The van der Waals surface area contributed by atoms with Crippen LogP contribution in [0.4, 0.5) is 5.69 Å². The second-order valence-corrected chi connectivity index (χ2v) is 10.1. The van der Waals surface area contributed by atoms with Crippen molar-refractivity contribution in [1.29, 1.82) is 0 Å². The van der Waals surface area contributed by atoms with Crippen LogP contribution in [0.1, 0.15) is 31.2 Å². The second-order valence-electron chi connectivity index (χ2n) is 8.14. The molecule has 2 aromatic carbocycles. The van der Waals surface area contributed by atoms with E-state index in [4.69, 9.17) is 5.73 Å². The van der Waals surface area contributed by atoms with Crippen molar-refractivity contribution < 1.29 is 18.0 Å². The van der Waals surface area contributed by atoms with Crippen LogP contribution in [0.2, 0.25) is 0 Å². The van der Waals surface area contributed by atoms with Crippen LogP contribution in [-0.2, 0) is 26.2 Å². The van der Waals surface area contributed by atoms with Crippen molar-refractivity contribution in [3.63, 3.8) is 0 Å². The standard InChI is InChI=1S/C23H27N5O4S/c24-22(29)21-15-20(26-28(21)18-9-3-1-4-10-18)23(30)25-16-17-8-7-11-19(14-17)33(31,32)27-12-5-2-6-13-27/h1,3-4,7-11,14,21H,2,5-6,12-13,15-16H2,(H2,24,29)(H,25,30). The summed E-state index contributed by atoms with van der Waals surface area (Å²) < 4.78 is 27.4. The molecule has 1 fully saturated rings. The topological polar surface area (TPSA) is 125 Å². The van der Waals surface area contributed by atoms with Gasteiger partial charge in [-0.1, -0.05) is 36.8 Å². The molecular formula is C23H27N5O4S. The highest BCUT2D eigenvalue weighted by Crippen LogP contribution is 2.25. The third-order valence-corrected chi connectivity index (χ3v) is 7.72. The smallest absolute Gasteiger partial charge is 0.267 e. The van der Waals surface area contributed by atoms with Crippen LogP contribution in [0, 0.1) is 0 Å². The molecule has 10 heteroatoms. The highest BCUT2D eigenvalue weighted by molar-refractivity contribution is 7.89. The van der Waals surface area contributed by atoms with E-state index in [0.29, 0.717) is 24.3 Å². The fourth-order valence-electron chi connectivity index (χ4n) is 4.04. The highest BCUT2D eigenvalue weighted by atomic mass is 32.2. The van der Waals surface area contributed by atoms with E-state index in [9.17, 15) is 18.0 Å². The largest absolute Gasteiger partial charge is 0.368 e. The summed E-state index contributed by atoms with van der Waals surface area (Å²) in [6, 6.07) is 14.9. The Balaban J connectivity index is 1.45. The number of carbonyl (C=O) groups excluding carboxylic acids is 2. The number of primary amides is 1. The van der Waals surface area contributed by atoms with Gasteiger partial charge in [0.25, 0.3) is 5.91 Å². The van der Waals surface area contributed by atoms with Crippen molar-refractivity contribution in [2.24, 2.45) is 10.8 Å². The van der Waals surface area contributed by atoms with Crippen LogP contribution in [0.25, 0.3) is 0 Å². The first-order valence-electron chi connectivity index (χ1n) is 10.9. The quantitative estimate of drug-likeness (QED) is 0.637. The highest BCUT2D eigenvalue weighted by Gasteiger charge is 2.35. The molecule has 0 aliphatic carbocycles. The number of piperidine rings is 1. The number of sulfonamides is 1. The molecule has 1 atom stereocenters. The summed E-state index contributed by atoms with van der Waals surface area (Å²) in [5, 5.41) is 8.56. The van der Waals surface area contributed by atoms with Crippen molar-refractivity contribution >= 4 is 33.2 Å². The summed E-state index contributed by atoms with van der Waals surface area (Å²) in [6.45, 7) is 1.19. The minimum atomic E-state index is -3.55. The van der Waals surface area contributed by atoms with Gasteiger partial charge in [-0.25, -0.2) is 8.42 Å². The Bertz CT molecular complexity index is 1160. The maximum absolute atomic E-state index is 12.9. The molecule has 3 N–H and O–H groups in total. The van der Waals surface area contributed by atoms with Gasteiger partial charge in [-0.05, 0) is 42.7 Å². The lowest BCUT2D eigenvalue weighted by molar-refractivity contribution is -0.119. The SMILES string of the molecule is NC(=O)C1CC(C(=O)NCc2cccc(S(=O)(=O)N3CCCCC3)c2)=NN1c1ccccc1. The normalized spacial score (nSPS) is 19.2. The molecule has 2 aliphatic rings. The molecule has 1 saturated heterocycles. The average molecular weight is 470 g/mol. The predicted molar refractivity (Wildman–Crippen MR) is 125 cm³/mol. The number of nitrogens with zero attached hydrogens (tertiary/aromatic N) is 3. The van der Waals surface area contributed by atoms with E-state index in [1.165, 1.54) is 9.31 Å². The van der Waals surface area contributed by atoms with E-state index in [1.807, 2.05) is 18.2 Å². The fourth-order valence-corrected chi connectivity index (χ4v) is 5.63. The summed E-state index contributed by atoms with van der Waals surface area (Å²) in [4.78, 5) is 24.9. The fraction of sp³-hybridized carbons (Fsp3) is 0.348. The maximum Gasteiger partial charge on any atom is 0.267 e. The van der Waals surface area contributed by atoms with Crippen molar-refractivity contribution in [2.75, 3.05) is 18.1 Å². The van der Waals surface area contributed by atoms with Gasteiger partial charge in [-0.3, -0.25) is 14.6 Å². The van der Waals surface area contributed by atoms with E-state index in [0.717, 1.165) is 19.3 Å². The van der Waals surface area contributed by atoms with Gasteiger partial charge in [0.15, 0.2) is 0 Å². The van der Waals surface area contributed by atoms with Gasteiger partial charge >= 0.3 is 0 Å². The molecule has 1 unspecified atom stereocenters. The second kappa shape index (κ2) is 9.72. The zero-order valence-electron chi connectivity index (χ0n) is 18.2. The number of hydrazone groups is 1. The van der Waals surface area contributed by atoms with Gasteiger partial charge in [-0.15, -0.1) is 0 Å². The zero-order valence-corrected chi connectivity index (χ0v) is 19.0. The lowest BCUT2D eigenvalue weighted by Gasteiger charge is -2.26. The molecule has 2 aromatic rings. The number of carbonyl (C=O) groups is 2. The molecule has 0 saturated carbocycles. The number of hydrogen-bond acceptors (Lipinski definition) is 6. The Hall–Kier alpha value is -3.24. The Morgan fingerprint density at radius 2 is 1.76 bits per heavy atom. The number of nitrogens with one attached hydrogen (secondary N) is 1. The Morgan fingerprint density at radius 1 is 1.03 bits per heavy atom. The number of amides is 2. The molecule has 0 radical (unpaired) electrons. The molecule has 0 bridgehead atoms. The van der Waals surface area contributed by atoms with Crippen molar-refractivity contribution in [2.45, 2.75) is 43.2 Å². The summed E-state index contributed by atoms with van der Waals surface area (Å²) >= 11 is 0. The number of hydrogen-bond donors (Lipinski definition) is 2. The van der Waals surface area contributed by atoms with E-state index in [2.05, 4.69) is 10.4 Å². The number of anilines is 1. The third kappa shape index (κ3) is 5.07. The molecule has 2 heterocycles. The van der Waals surface area contributed by atoms with Gasteiger partial charge < -0.3 is 11.1 Å². The van der Waals surface area contributed by atoms with E-state index < -0.39 is 27.9 Å². The average Bonchev–Trinajstić information content (AvgIpc) is 3.30. The zero-order chi connectivity index (χ0) is 23.4. The molecule has 9 nitrogen and oxygen atoms in total. The van der Waals surface area contributed by atoms with Crippen LogP contribution in [0.3, 0.4) is 0 Å². The minimum Gasteiger partial charge on any atom is -0.368 e. The molecule has 174 valence electrons. The first-order valence-corrected chi connectivity index (χ1v) is 12.4. The third-order valence-electron chi connectivity index (χ3n) is 5.83. The van der Waals surface area contributed by atoms with Gasteiger partial charge in [-0.2, -0.15) is 9.41 Å². The number of nitrogens with two attached hydrogens (primary N) is 1. The van der Waals surface area contributed by atoms with Gasteiger partial charge in [0, 0.05) is 26.1 Å². The van der Waals surface area contributed by atoms with Crippen LogP contribution >= 0.6 is 0 Å². The Labute approximate surface area is 193 Å². The Morgan fingerprint density at radius 3 is 2.45 bits per heavy atom. The van der Waals surface area contributed by atoms with Crippen LogP contribution in [0.15, 0.2) is 64.6 Å². The number of para-hydroxylation sites is 1. The first kappa shape index (κ1) is 22.9. The lowest BCUT2D eigenvalue weighted by atomic mass is 10.1. The molecule has 33 heavy (non-hydrogen) atoms. The predicted octanol–water partition coefficient (Wildman–Crippen LogP) is 1.60. The molecule has 4 rings (SSSR count). The lowest BCUT2D eigenvalue weighted by Crippen LogP contribution is -2.39. The summed E-state index contributed by atoms with van der Waals surface area (Å²) in [5.74, 6) is -0.995. The summed E-state index contributed by atoms with van der Waals surface area (Å²) in [6.07, 6.45) is 2.87. The van der Waals surface area contributed by atoms with Crippen LogP contribution in [-0.4, -0.2) is 49.4 Å². The van der Waals surface area contributed by atoms with Gasteiger partial charge in [0.1, 0.15) is 11.8 Å². The number of benzene rings is 2. The van der Waals surface area contributed by atoms with Crippen LogP contribution < -0.4 is 16.1 Å². The maximum atomic E-state index is 12.9. The van der Waals surface area contributed by atoms with Gasteiger partial charge in [0.2, 0.25) is 15.9 Å². The Kier molecular flexibility index (Phi) is 6.75. The summed E-state index contributed by atoms with van der Waals surface area (Å²) in [5.41, 5.74) is 7.04. The molecule has 2 amide bonds. The van der Waals surface area contributed by atoms with E-state index in [-0.39, 0.29) is 23.6 Å². The van der Waals surface area contributed by atoms with E-state index >= 15 is 0 Å². The molecule has 0 aromatic heterocycles. The van der Waals surface area contributed by atoms with Gasteiger partial charge in [0.05, 0.1) is 10.6 Å². The first-order chi connectivity index (χ1) is 15.9. The summed E-state index contributed by atoms with van der Waals surface area (Å²) in [7, 11) is -3.55. The van der Waals surface area contributed by atoms with Crippen molar-refractivity contribution in [3.05, 3.63) is 60.2 Å². The van der Waals surface area contributed by atoms with E-state index in [1.54, 1.807) is 36.4 Å².